The largest absolute Gasteiger partial charge is 0.392 e. The van der Waals surface area contributed by atoms with Gasteiger partial charge in [0.1, 0.15) is 0 Å². The zero-order valence-electron chi connectivity index (χ0n) is 96.7. The summed E-state index contributed by atoms with van der Waals surface area (Å²) >= 11 is 7.34. The second-order valence-electron chi connectivity index (χ2n) is 61.5. The maximum absolute atomic E-state index is 10.9. The third-order valence-electron chi connectivity index (χ3n) is 54.2. The Labute approximate surface area is 920 Å². The van der Waals surface area contributed by atoms with Gasteiger partial charge in [-0.1, -0.05) is 135 Å². The Morgan fingerprint density at radius 3 is 0.601 bits per heavy atom. The second kappa shape index (κ2) is 45.0. The number of ether oxygens (including phenoxy) is 3. The Balaban J connectivity index is 0.000000112. The first-order chi connectivity index (χ1) is 70.2. The van der Waals surface area contributed by atoms with Gasteiger partial charge in [0.05, 0.1) is 66.6 Å². The molecule has 0 aromatic heterocycles. The minimum Gasteiger partial charge on any atom is -0.392 e. The van der Waals surface area contributed by atoms with Crippen LogP contribution in [0.15, 0.2) is 72.9 Å². The minimum atomic E-state index is -0.580. The van der Waals surface area contributed by atoms with Crippen LogP contribution in [0.1, 0.15) is 423 Å². The summed E-state index contributed by atoms with van der Waals surface area (Å²) in [6.45, 7) is 53.8. The third-order valence-corrected chi connectivity index (χ3v) is 55.6. The monoisotopic (exact) mass is 2180 g/mol. The van der Waals surface area contributed by atoms with E-state index in [4.69, 9.17) is 14.2 Å². The number of hydrogen-bond donors (Lipinski definition) is 8. The summed E-state index contributed by atoms with van der Waals surface area (Å²) in [5.74, 6) is 30.3. The molecule has 148 heavy (non-hydrogen) atoms. The molecule has 0 aromatic carbocycles. The molecule has 48 atom stereocenters. The smallest absolute Gasteiger partial charge is 0.0882 e. The predicted octanol–water partition coefficient (Wildman–Crippen LogP) is 31.1. The zero-order valence-corrected chi connectivity index (χ0v) is 99.9. The van der Waals surface area contributed by atoms with Gasteiger partial charge in [-0.25, -0.2) is 0 Å². The highest BCUT2D eigenvalue weighted by Gasteiger charge is 2.67. The van der Waals surface area contributed by atoms with Crippen LogP contribution >= 0.6 is 31.9 Å². The topological polar surface area (TPSA) is 190 Å². The van der Waals surface area contributed by atoms with Gasteiger partial charge in [-0.3, -0.25) is 0 Å². The molecule has 24 aliphatic rings. The SMILES string of the molecule is C=C(C)[C@H]1CC[C@H]2[C@@H]3CC[C@H]4C[C@@](C)(O)CC[C@@H]4[C@H]3CC[C@]12C.C=C(C)[C@H]1CC[C@H]2[C@@H]3CC[C@H]4C[C@](O)(COC)CC[C@@H]4[C@H]3CC[C@]12C.C=C(CBr)[C@H]1CC[C@H]2[C@@H]3CC[C@H]4C[C@@](C)(O)CC[C@@H]4[C@H]3CC[C@]12C.C=C(CBr)[C@H]1CC[C@H]2[C@@H]3CC[C@H]4C[C@](O)(COC)CC[C@@H]4[C@H]3CC[C@]12C.C=C(CO)[C@H]1CC[C@H]2[C@@H]3CC[C@H]4C[C@@](C)(O)CC[C@@H]4[C@H]3CC[C@]12C.C=C(CO)[C@H]1CC[C@H]2[C@@H]3CC[C@H]4C[C@](O)(COC)CC[C@@H]4[C@H]3CC[C@]12C. The molecule has 13 heteroatoms. The Morgan fingerprint density at radius 2 is 0.405 bits per heavy atom. The summed E-state index contributed by atoms with van der Waals surface area (Å²) in [7, 11) is 5.15. The van der Waals surface area contributed by atoms with Gasteiger partial charge in [0.2, 0.25) is 0 Å². The number of aliphatic hydroxyl groups is 8. The van der Waals surface area contributed by atoms with Gasteiger partial charge in [0, 0.05) is 32.0 Å². The van der Waals surface area contributed by atoms with Crippen molar-refractivity contribution in [2.24, 2.45) is 246 Å². The first-order valence-electron chi connectivity index (χ1n) is 63.4. The molecule has 0 aliphatic heterocycles. The van der Waals surface area contributed by atoms with Crippen molar-refractivity contribution in [1.29, 1.82) is 0 Å². The molecule has 0 amide bonds. The van der Waals surface area contributed by atoms with Gasteiger partial charge in [0.15, 0.2) is 0 Å². The van der Waals surface area contributed by atoms with Crippen molar-refractivity contribution in [3.63, 3.8) is 0 Å². The highest BCUT2D eigenvalue weighted by Crippen LogP contribution is 2.75. The summed E-state index contributed by atoms with van der Waals surface area (Å²) in [5, 5.41) is 85.3. The van der Waals surface area contributed by atoms with Crippen molar-refractivity contribution in [2.75, 3.05) is 65.0 Å². The van der Waals surface area contributed by atoms with Crippen LogP contribution in [0.25, 0.3) is 0 Å². The van der Waals surface area contributed by atoms with Crippen molar-refractivity contribution >= 4 is 31.9 Å². The van der Waals surface area contributed by atoms with E-state index in [1.165, 1.54) is 292 Å². The van der Waals surface area contributed by atoms with Crippen LogP contribution in [0.2, 0.25) is 0 Å². The van der Waals surface area contributed by atoms with E-state index in [9.17, 15) is 40.9 Å². The Bertz CT molecular complexity index is 4400. The third kappa shape index (κ3) is 21.6. The van der Waals surface area contributed by atoms with E-state index in [1.807, 2.05) is 0 Å². The standard InChI is InChI=1S/C23H37BrO2.C23H38O3.C23H38O2.C22H35BrO.C22H36O2.C22H36O/c2*1-15(13-24)20-6-7-21-19-5-4-16-12-23(25,14-26-3)11-9-17(16)18(19)8-10-22(20,21)2;1-15(2)20-7-8-21-19-6-5-16-13-23(24,14-25-4)12-10-17(16)18(19)9-11-22(20,21)3;2*1-14(13-23)19-6-7-20-18-5-4-15-12-21(2,24)10-8-16(15)17(18)9-11-22(19,20)3;1-14(2)19-7-8-20-18-6-5-15-13-21(3,23)11-9-16(15)17(18)10-12-22(19,20)4/h16-21,25H,1,4-14H2,2-3H3;16-21,24-25H,1,4-14H2,2-3H3;16-21,24H,1,5-14H2,2-4H3;15-20,24H,1,4-13H2,2-3H3;15-20,23-24H,1,4-13H2,2-3H3;15-20,23H,1,5-13H2,2-4H3/t3*16-,17-,18+,19+,20+,21-,22+,23-;3*15-,16-,17+,18+,19+,20-,21-,22+/m000000/s1. The molecule has 24 rings (SSSR count). The Hall–Kier alpha value is -1.04. The number of allylic oxidation sites excluding steroid dienone is 4. The summed E-state index contributed by atoms with van der Waals surface area (Å²) in [6, 6.07) is 0. The Morgan fingerprint density at radius 1 is 0.223 bits per heavy atom. The van der Waals surface area contributed by atoms with Crippen LogP contribution in [0.4, 0.5) is 0 Å². The number of methoxy groups -OCH3 is 3. The lowest BCUT2D eigenvalue weighted by atomic mass is 9.48. The number of halogens is 2. The highest BCUT2D eigenvalue weighted by atomic mass is 79.9. The molecule has 8 N–H and O–H groups in total. The summed E-state index contributed by atoms with van der Waals surface area (Å²) < 4.78 is 15.9. The van der Waals surface area contributed by atoms with E-state index < -0.39 is 22.4 Å². The first kappa shape index (κ1) is 115. The van der Waals surface area contributed by atoms with Gasteiger partial charge in [-0.15, -0.1) is 0 Å². The fourth-order valence-corrected chi connectivity index (χ4v) is 48.8. The molecule has 24 saturated carbocycles. The maximum Gasteiger partial charge on any atom is 0.0882 e. The van der Waals surface area contributed by atoms with E-state index in [-0.39, 0.29) is 24.4 Å². The van der Waals surface area contributed by atoms with Crippen LogP contribution in [0, 0.1) is 246 Å². The quantitative estimate of drug-likeness (QED) is 0.0542. The fourth-order valence-electron chi connectivity index (χ4n) is 48.0. The van der Waals surface area contributed by atoms with Crippen LogP contribution in [-0.2, 0) is 14.2 Å². The zero-order chi connectivity index (χ0) is 106. The molecule has 24 fully saturated rings. The summed E-state index contributed by atoms with van der Waals surface area (Å²) in [5.41, 5.74) is 7.85. The molecule has 0 spiro atoms. The molecule has 840 valence electrons. The number of aliphatic hydroxyl groups excluding tert-OH is 2. The minimum absolute atomic E-state index is 0.157. The lowest BCUT2D eigenvalue weighted by molar-refractivity contribution is -0.123. The molecular formula is C135H220Br2O11. The van der Waals surface area contributed by atoms with Crippen LogP contribution in [0.5, 0.6) is 0 Å². The van der Waals surface area contributed by atoms with E-state index in [0.717, 1.165) is 294 Å². The van der Waals surface area contributed by atoms with Crippen molar-refractivity contribution in [2.45, 2.75) is 456 Å². The van der Waals surface area contributed by atoms with Crippen molar-refractivity contribution in [1.82, 2.24) is 0 Å². The van der Waals surface area contributed by atoms with Crippen molar-refractivity contribution < 1.29 is 55.1 Å². The van der Waals surface area contributed by atoms with Crippen LogP contribution in [0.3, 0.4) is 0 Å². The molecule has 0 unspecified atom stereocenters. The lowest BCUT2D eigenvalue weighted by Gasteiger charge is -2.57. The molecular weight excluding hydrogens is 1960 g/mol. The molecule has 11 nitrogen and oxygen atoms in total. The average Bonchev–Trinajstić information content (AvgIpc) is 1.56. The molecule has 0 radical (unpaired) electrons. The van der Waals surface area contributed by atoms with Crippen LogP contribution < -0.4 is 0 Å². The molecule has 24 aliphatic carbocycles. The highest BCUT2D eigenvalue weighted by molar-refractivity contribution is 9.09. The van der Waals surface area contributed by atoms with Gasteiger partial charge in [-0.05, 0) is 638 Å². The normalized spacial score (nSPS) is 52.7. The average molecular weight is 2180 g/mol. The lowest BCUT2D eigenvalue weighted by Crippen LogP contribution is -2.52. The van der Waals surface area contributed by atoms with E-state index >= 15 is 0 Å². The molecule has 0 bridgehead atoms. The molecule has 0 saturated heterocycles. The molecule has 0 heterocycles. The van der Waals surface area contributed by atoms with Crippen LogP contribution in [-0.4, -0.2) is 139 Å². The van der Waals surface area contributed by atoms with E-state index in [0.29, 0.717) is 70.1 Å². The Kier molecular flexibility index (Phi) is 35.0. The van der Waals surface area contributed by atoms with Crippen molar-refractivity contribution in [3.8, 4) is 0 Å². The van der Waals surface area contributed by atoms with Gasteiger partial charge < -0.3 is 55.1 Å². The first-order valence-corrected chi connectivity index (χ1v) is 65.6. The number of rotatable bonds is 16. The van der Waals surface area contributed by atoms with E-state index in [2.05, 4.69) is 147 Å². The van der Waals surface area contributed by atoms with Gasteiger partial charge >= 0.3 is 0 Å². The predicted molar refractivity (Wildman–Crippen MR) is 614 cm³/mol. The maximum atomic E-state index is 10.9. The summed E-state index contributed by atoms with van der Waals surface area (Å²) in [4.78, 5) is 0. The molecule has 0 aromatic rings. The number of fused-ring (bicyclic) bond motifs is 30. The second-order valence-corrected chi connectivity index (χ2v) is 62.6. The van der Waals surface area contributed by atoms with Crippen molar-refractivity contribution in [3.05, 3.63) is 72.9 Å². The summed E-state index contributed by atoms with van der Waals surface area (Å²) in [6.07, 6.45) is 68.8. The van der Waals surface area contributed by atoms with Gasteiger partial charge in [0.25, 0.3) is 0 Å². The number of alkyl halides is 2. The fraction of sp³-hybridized carbons (Fsp3) is 0.911. The number of hydrogen-bond acceptors (Lipinski definition) is 11. The van der Waals surface area contributed by atoms with E-state index in [1.54, 1.807) is 21.3 Å². The van der Waals surface area contributed by atoms with Gasteiger partial charge in [-0.2, -0.15) is 0 Å².